The van der Waals surface area contributed by atoms with Crippen molar-refractivity contribution in [3.63, 3.8) is 0 Å². The minimum atomic E-state index is -3.69. The average Bonchev–Trinajstić information content (AvgIpc) is 2.68. The smallest absolute Gasteiger partial charge is 0.322 e. The maximum absolute atomic E-state index is 12.9. The Morgan fingerprint density at radius 2 is 1.86 bits per heavy atom. The maximum atomic E-state index is 12.9. The van der Waals surface area contributed by atoms with Crippen molar-refractivity contribution >= 4 is 27.9 Å². The van der Waals surface area contributed by atoms with E-state index < -0.39 is 22.2 Å². The highest BCUT2D eigenvalue weighted by molar-refractivity contribution is 8.01. The van der Waals surface area contributed by atoms with Crippen LogP contribution in [-0.4, -0.2) is 58.4 Å². The Labute approximate surface area is 131 Å². The summed E-state index contributed by atoms with van der Waals surface area (Å²) in [6, 6.07) is -0.931. The van der Waals surface area contributed by atoms with E-state index in [1.165, 1.54) is 20.4 Å². The molecule has 21 heavy (non-hydrogen) atoms. The summed E-state index contributed by atoms with van der Waals surface area (Å²) in [4.78, 5) is 11.4. The van der Waals surface area contributed by atoms with E-state index in [0.717, 1.165) is 32.1 Å². The van der Waals surface area contributed by atoms with Crippen molar-refractivity contribution in [1.29, 1.82) is 0 Å². The van der Waals surface area contributed by atoms with Gasteiger partial charge in [0.1, 0.15) is 6.04 Å². The van der Waals surface area contributed by atoms with Crippen LogP contribution in [0.5, 0.6) is 0 Å². The molecule has 2 aliphatic rings. The predicted octanol–water partition coefficient (Wildman–Crippen LogP) is 1.74. The van der Waals surface area contributed by atoms with E-state index in [4.69, 9.17) is 0 Å². The van der Waals surface area contributed by atoms with E-state index in [1.807, 2.05) is 6.92 Å². The molecule has 2 saturated heterocycles. The zero-order valence-corrected chi connectivity index (χ0v) is 14.0. The number of carboxylic acid groups (broad SMARTS) is 1. The molecule has 2 aliphatic heterocycles. The van der Waals surface area contributed by atoms with Crippen LogP contribution in [0.4, 0.5) is 0 Å². The first-order chi connectivity index (χ1) is 9.98. The number of rotatable bonds is 5. The van der Waals surface area contributed by atoms with Gasteiger partial charge in [-0.25, -0.2) is 0 Å². The van der Waals surface area contributed by atoms with E-state index in [-0.39, 0.29) is 5.37 Å². The molecular weight excluding hydrogens is 312 g/mol. The van der Waals surface area contributed by atoms with Crippen molar-refractivity contribution in [2.45, 2.75) is 56.9 Å². The van der Waals surface area contributed by atoms with Crippen LogP contribution in [0.3, 0.4) is 0 Å². The highest BCUT2D eigenvalue weighted by Gasteiger charge is 2.47. The third kappa shape index (κ3) is 3.72. The van der Waals surface area contributed by atoms with E-state index in [1.54, 1.807) is 0 Å². The van der Waals surface area contributed by atoms with Crippen molar-refractivity contribution in [3.05, 3.63) is 0 Å². The fraction of sp³-hybridized carbons (Fsp3) is 0.923. The van der Waals surface area contributed by atoms with Gasteiger partial charge in [-0.15, -0.1) is 11.8 Å². The molecule has 8 heteroatoms. The van der Waals surface area contributed by atoms with Crippen molar-refractivity contribution in [3.8, 4) is 0 Å². The van der Waals surface area contributed by atoms with Crippen molar-refractivity contribution in [1.82, 2.24) is 8.61 Å². The van der Waals surface area contributed by atoms with Gasteiger partial charge in [-0.3, -0.25) is 4.79 Å². The van der Waals surface area contributed by atoms with Crippen LogP contribution in [0, 0.1) is 0 Å². The van der Waals surface area contributed by atoms with Gasteiger partial charge in [-0.2, -0.15) is 17.0 Å². The number of carbonyl (C=O) groups is 1. The summed E-state index contributed by atoms with van der Waals surface area (Å²) < 4.78 is 28.6. The molecule has 0 amide bonds. The first kappa shape index (κ1) is 17.1. The average molecular weight is 336 g/mol. The van der Waals surface area contributed by atoms with Crippen LogP contribution in [0.25, 0.3) is 0 Å². The third-order valence-electron chi connectivity index (χ3n) is 4.02. The lowest BCUT2D eigenvalue weighted by molar-refractivity contribution is -0.140. The zero-order chi connectivity index (χ0) is 15.5. The van der Waals surface area contributed by atoms with Gasteiger partial charge in [0.05, 0.1) is 5.37 Å². The minimum absolute atomic E-state index is 0.246. The summed E-state index contributed by atoms with van der Waals surface area (Å²) in [5.41, 5.74) is 0. The Hall–Kier alpha value is -0.310. The van der Waals surface area contributed by atoms with E-state index >= 15 is 0 Å². The van der Waals surface area contributed by atoms with Gasteiger partial charge in [0, 0.05) is 18.8 Å². The Morgan fingerprint density at radius 3 is 2.38 bits per heavy atom. The molecule has 0 bridgehead atoms. The molecule has 0 aromatic heterocycles. The quantitative estimate of drug-likeness (QED) is 0.827. The van der Waals surface area contributed by atoms with Gasteiger partial charge in [-0.05, 0) is 19.3 Å². The molecule has 2 heterocycles. The van der Waals surface area contributed by atoms with Crippen molar-refractivity contribution in [2.24, 2.45) is 0 Å². The number of carboxylic acids is 1. The molecule has 1 N–H and O–H groups in total. The standard InChI is InChI=1S/C13H24N2O4S2/c1-2-7-12-15(11(10-20-12)13(16)17)21(18,19)14-8-5-3-4-6-9-14/h11-12H,2-10H2,1H3,(H,16,17). The summed E-state index contributed by atoms with van der Waals surface area (Å²) >= 11 is 1.45. The summed E-state index contributed by atoms with van der Waals surface area (Å²) in [5, 5.41) is 9.10. The molecular formula is C13H24N2O4S2. The van der Waals surface area contributed by atoms with Crippen LogP contribution < -0.4 is 0 Å². The molecule has 0 aromatic carbocycles. The van der Waals surface area contributed by atoms with Crippen LogP contribution in [0.15, 0.2) is 0 Å². The van der Waals surface area contributed by atoms with Gasteiger partial charge in [0.15, 0.2) is 0 Å². The summed E-state index contributed by atoms with van der Waals surface area (Å²) in [5.74, 6) is -0.702. The molecule has 122 valence electrons. The van der Waals surface area contributed by atoms with Crippen LogP contribution in [0.2, 0.25) is 0 Å². The molecule has 0 aliphatic carbocycles. The topological polar surface area (TPSA) is 77.9 Å². The maximum Gasteiger partial charge on any atom is 0.322 e. The van der Waals surface area contributed by atoms with Crippen LogP contribution in [0.1, 0.15) is 45.4 Å². The summed E-state index contributed by atoms with van der Waals surface area (Å²) in [7, 11) is -3.69. The molecule has 0 spiro atoms. The Morgan fingerprint density at radius 1 is 1.24 bits per heavy atom. The molecule has 2 atom stereocenters. The van der Waals surface area contributed by atoms with Crippen LogP contribution in [-0.2, 0) is 15.0 Å². The number of nitrogens with zero attached hydrogens (tertiary/aromatic N) is 2. The molecule has 0 aromatic rings. The third-order valence-corrected chi connectivity index (χ3v) is 7.56. The van der Waals surface area contributed by atoms with Gasteiger partial charge >= 0.3 is 5.97 Å². The minimum Gasteiger partial charge on any atom is -0.480 e. The van der Waals surface area contributed by atoms with E-state index in [9.17, 15) is 18.3 Å². The second kappa shape index (κ2) is 7.30. The van der Waals surface area contributed by atoms with Crippen molar-refractivity contribution in [2.75, 3.05) is 18.8 Å². The number of hydrogen-bond donors (Lipinski definition) is 1. The number of thioether (sulfide) groups is 1. The molecule has 2 unspecified atom stereocenters. The second-order valence-electron chi connectivity index (χ2n) is 5.58. The lowest BCUT2D eigenvalue weighted by Crippen LogP contribution is -2.52. The monoisotopic (exact) mass is 336 g/mol. The summed E-state index contributed by atoms with van der Waals surface area (Å²) in [6.45, 7) is 3.01. The van der Waals surface area contributed by atoms with Gasteiger partial charge in [0.25, 0.3) is 10.2 Å². The van der Waals surface area contributed by atoms with Crippen LogP contribution >= 0.6 is 11.8 Å². The highest BCUT2D eigenvalue weighted by Crippen LogP contribution is 2.36. The van der Waals surface area contributed by atoms with Gasteiger partial charge in [0.2, 0.25) is 0 Å². The fourth-order valence-corrected chi connectivity index (χ4v) is 6.78. The largest absolute Gasteiger partial charge is 0.480 e. The lowest BCUT2D eigenvalue weighted by Gasteiger charge is -2.31. The fourth-order valence-electron chi connectivity index (χ4n) is 2.90. The second-order valence-corrected chi connectivity index (χ2v) is 8.63. The molecule has 6 nitrogen and oxygen atoms in total. The summed E-state index contributed by atoms with van der Waals surface area (Å²) in [6.07, 6.45) is 5.34. The van der Waals surface area contributed by atoms with E-state index in [2.05, 4.69) is 0 Å². The highest BCUT2D eigenvalue weighted by atomic mass is 32.2. The molecule has 0 saturated carbocycles. The van der Waals surface area contributed by atoms with Crippen molar-refractivity contribution < 1.29 is 18.3 Å². The Balaban J connectivity index is 2.25. The normalized spacial score (nSPS) is 29.4. The number of hydrogen-bond acceptors (Lipinski definition) is 4. The predicted molar refractivity (Wildman–Crippen MR) is 83.4 cm³/mol. The zero-order valence-electron chi connectivity index (χ0n) is 12.4. The Kier molecular flexibility index (Phi) is 5.93. The first-order valence-corrected chi connectivity index (χ1v) is 10.1. The lowest BCUT2D eigenvalue weighted by atomic mass is 10.2. The molecule has 0 radical (unpaired) electrons. The Bertz CT molecular complexity index is 461. The van der Waals surface area contributed by atoms with E-state index in [0.29, 0.717) is 25.3 Å². The number of aliphatic carboxylic acids is 1. The van der Waals surface area contributed by atoms with Gasteiger partial charge < -0.3 is 5.11 Å². The first-order valence-electron chi connectivity index (χ1n) is 7.61. The molecule has 2 rings (SSSR count). The SMILES string of the molecule is CCCC1SCC(C(=O)O)N1S(=O)(=O)N1CCCCCC1. The van der Waals surface area contributed by atoms with Gasteiger partial charge in [-0.1, -0.05) is 26.2 Å². The molecule has 2 fully saturated rings.